The van der Waals surface area contributed by atoms with Crippen LogP contribution in [0.25, 0.3) is 11.1 Å². The van der Waals surface area contributed by atoms with Gasteiger partial charge in [-0.1, -0.05) is 0 Å². The molecule has 1 aromatic carbocycles. The first-order valence-electron chi connectivity index (χ1n) is 8.21. The molecule has 0 spiro atoms. The van der Waals surface area contributed by atoms with E-state index in [0.29, 0.717) is 4.90 Å². The lowest BCUT2D eigenvalue weighted by Crippen LogP contribution is -2.14. The minimum absolute atomic E-state index is 0.0692. The van der Waals surface area contributed by atoms with E-state index in [0.717, 1.165) is 29.3 Å². The van der Waals surface area contributed by atoms with E-state index in [9.17, 15) is 13.9 Å². The van der Waals surface area contributed by atoms with E-state index in [1.165, 1.54) is 23.5 Å². The number of benzene rings is 1. The van der Waals surface area contributed by atoms with Gasteiger partial charge in [0.1, 0.15) is 0 Å². The third-order valence-electron chi connectivity index (χ3n) is 4.45. The van der Waals surface area contributed by atoms with Gasteiger partial charge in [-0.3, -0.25) is 13.9 Å². The van der Waals surface area contributed by atoms with Gasteiger partial charge >= 0.3 is 0 Å². The SMILES string of the molecule is CCS(O)(O)c1ccc(NCC2CC2)c(-c2ccc(=O)n(C)c2)c1. The molecule has 3 rings (SSSR count). The molecular weight excluding hydrogens is 324 g/mol. The highest BCUT2D eigenvalue weighted by molar-refractivity contribution is 8.24. The Morgan fingerprint density at radius 2 is 2.00 bits per heavy atom. The quantitative estimate of drug-likeness (QED) is 0.737. The molecule has 1 aliphatic rings. The number of pyridine rings is 1. The van der Waals surface area contributed by atoms with Crippen molar-refractivity contribution in [3.05, 3.63) is 46.9 Å². The van der Waals surface area contributed by atoms with E-state index in [1.54, 1.807) is 32.3 Å². The zero-order chi connectivity index (χ0) is 17.3. The Hall–Kier alpha value is -1.76. The van der Waals surface area contributed by atoms with Gasteiger partial charge in [0.25, 0.3) is 0 Å². The molecule has 130 valence electrons. The van der Waals surface area contributed by atoms with Crippen LogP contribution in [0.5, 0.6) is 0 Å². The minimum atomic E-state index is -2.78. The number of rotatable bonds is 6. The van der Waals surface area contributed by atoms with Crippen LogP contribution in [-0.2, 0) is 7.05 Å². The second-order valence-electron chi connectivity index (χ2n) is 6.35. The van der Waals surface area contributed by atoms with Crippen molar-refractivity contribution in [1.82, 2.24) is 4.57 Å². The van der Waals surface area contributed by atoms with Gasteiger partial charge in [-0.2, -0.15) is 10.6 Å². The second kappa shape index (κ2) is 6.63. The molecule has 1 fully saturated rings. The zero-order valence-corrected chi connectivity index (χ0v) is 14.8. The summed E-state index contributed by atoms with van der Waals surface area (Å²) in [6, 6.07) is 8.82. The number of hydrogen-bond acceptors (Lipinski definition) is 4. The van der Waals surface area contributed by atoms with Crippen molar-refractivity contribution in [2.45, 2.75) is 24.7 Å². The summed E-state index contributed by atoms with van der Waals surface area (Å²) in [4.78, 5) is 12.2. The average Bonchev–Trinajstić information content (AvgIpc) is 3.39. The molecular formula is C18H24N2O3S. The van der Waals surface area contributed by atoms with Crippen molar-refractivity contribution in [3.8, 4) is 11.1 Å². The van der Waals surface area contributed by atoms with Gasteiger partial charge in [0.2, 0.25) is 5.56 Å². The summed E-state index contributed by atoms with van der Waals surface area (Å²) < 4.78 is 22.0. The van der Waals surface area contributed by atoms with E-state index < -0.39 is 10.6 Å². The van der Waals surface area contributed by atoms with Gasteiger partial charge in [0.15, 0.2) is 0 Å². The summed E-state index contributed by atoms with van der Waals surface area (Å²) in [7, 11) is -1.06. The summed E-state index contributed by atoms with van der Waals surface area (Å²) in [5.41, 5.74) is 2.65. The summed E-state index contributed by atoms with van der Waals surface area (Å²) in [6.07, 6.45) is 4.30. The van der Waals surface area contributed by atoms with Crippen LogP contribution < -0.4 is 10.9 Å². The van der Waals surface area contributed by atoms with Crippen LogP contribution in [0.2, 0.25) is 0 Å². The van der Waals surface area contributed by atoms with Gasteiger partial charge in [-0.25, -0.2) is 0 Å². The maximum absolute atomic E-state index is 11.7. The molecule has 5 nitrogen and oxygen atoms in total. The maximum Gasteiger partial charge on any atom is 0.250 e. The number of aryl methyl sites for hydroxylation is 1. The zero-order valence-electron chi connectivity index (χ0n) is 14.0. The Morgan fingerprint density at radius 1 is 1.25 bits per heavy atom. The Labute approximate surface area is 143 Å². The summed E-state index contributed by atoms with van der Waals surface area (Å²) in [5, 5.41) is 3.46. The molecule has 1 aliphatic carbocycles. The molecule has 1 aromatic heterocycles. The standard InChI is InChI=1S/C18H24N2O3S/c1-3-24(22,23)15-7-8-17(19-11-13-4-5-13)16(10-15)14-6-9-18(21)20(2)12-14/h6-10,12-13,19,22-23H,3-5,11H2,1-2H3. The van der Waals surface area contributed by atoms with Crippen LogP contribution in [0.1, 0.15) is 19.8 Å². The van der Waals surface area contributed by atoms with Crippen molar-refractivity contribution in [2.24, 2.45) is 13.0 Å². The van der Waals surface area contributed by atoms with E-state index >= 15 is 0 Å². The Balaban J connectivity index is 2.04. The first kappa shape index (κ1) is 17.1. The fourth-order valence-corrected chi connectivity index (χ4v) is 3.54. The second-order valence-corrected chi connectivity index (χ2v) is 8.74. The largest absolute Gasteiger partial charge is 0.384 e. The van der Waals surface area contributed by atoms with Crippen molar-refractivity contribution < 1.29 is 9.11 Å². The highest BCUT2D eigenvalue weighted by Gasteiger charge is 2.22. The van der Waals surface area contributed by atoms with Crippen LogP contribution in [0.4, 0.5) is 5.69 Å². The van der Waals surface area contributed by atoms with Crippen LogP contribution >= 0.6 is 10.6 Å². The van der Waals surface area contributed by atoms with Gasteiger partial charge in [-0.05, 0) is 49.9 Å². The fraction of sp³-hybridized carbons (Fsp3) is 0.389. The number of nitrogens with zero attached hydrogens (tertiary/aromatic N) is 1. The number of hydrogen-bond donors (Lipinski definition) is 3. The number of nitrogens with one attached hydrogen (secondary N) is 1. The molecule has 0 aliphatic heterocycles. The van der Waals surface area contributed by atoms with Gasteiger partial charge in [-0.15, -0.1) is 0 Å². The first-order valence-corrected chi connectivity index (χ1v) is 9.93. The first-order chi connectivity index (χ1) is 11.4. The highest BCUT2D eigenvalue weighted by atomic mass is 32.3. The van der Waals surface area contributed by atoms with Crippen molar-refractivity contribution in [2.75, 3.05) is 17.6 Å². The molecule has 3 N–H and O–H groups in total. The predicted octanol–water partition coefficient (Wildman–Crippen LogP) is 4.00. The van der Waals surface area contributed by atoms with Gasteiger partial charge < -0.3 is 9.88 Å². The molecule has 0 unspecified atom stereocenters. The molecule has 0 bridgehead atoms. The van der Waals surface area contributed by atoms with Gasteiger partial charge in [0, 0.05) is 48.4 Å². The van der Waals surface area contributed by atoms with E-state index in [4.69, 9.17) is 0 Å². The van der Waals surface area contributed by atoms with Crippen molar-refractivity contribution in [1.29, 1.82) is 0 Å². The van der Waals surface area contributed by atoms with Crippen LogP contribution in [0.15, 0.2) is 46.2 Å². The number of anilines is 1. The normalized spacial score (nSPS) is 15.3. The fourth-order valence-electron chi connectivity index (χ4n) is 2.62. The summed E-state index contributed by atoms with van der Waals surface area (Å²) >= 11 is 0. The lowest BCUT2D eigenvalue weighted by molar-refractivity contribution is 0.488. The Bertz CT molecular complexity index is 797. The molecule has 0 atom stereocenters. The minimum Gasteiger partial charge on any atom is -0.384 e. The average molecular weight is 348 g/mol. The molecule has 6 heteroatoms. The number of aromatic nitrogens is 1. The third kappa shape index (κ3) is 3.66. The van der Waals surface area contributed by atoms with Crippen LogP contribution in [0.3, 0.4) is 0 Å². The van der Waals surface area contributed by atoms with E-state index in [-0.39, 0.29) is 11.3 Å². The van der Waals surface area contributed by atoms with Gasteiger partial charge in [0.05, 0.1) is 4.90 Å². The molecule has 24 heavy (non-hydrogen) atoms. The van der Waals surface area contributed by atoms with Crippen LogP contribution in [0, 0.1) is 5.92 Å². The summed E-state index contributed by atoms with van der Waals surface area (Å²) in [6.45, 7) is 2.68. The lowest BCUT2D eigenvalue weighted by atomic mass is 10.1. The lowest BCUT2D eigenvalue weighted by Gasteiger charge is -2.31. The molecule has 0 radical (unpaired) electrons. The Morgan fingerprint density at radius 3 is 2.62 bits per heavy atom. The van der Waals surface area contributed by atoms with Crippen molar-refractivity contribution in [3.63, 3.8) is 0 Å². The monoisotopic (exact) mass is 348 g/mol. The molecule has 0 saturated heterocycles. The molecule has 1 heterocycles. The smallest absolute Gasteiger partial charge is 0.250 e. The van der Waals surface area contributed by atoms with E-state index in [1.807, 2.05) is 12.1 Å². The highest BCUT2D eigenvalue weighted by Crippen LogP contribution is 2.49. The van der Waals surface area contributed by atoms with Crippen LogP contribution in [-0.4, -0.2) is 26.0 Å². The maximum atomic E-state index is 11.7. The predicted molar refractivity (Wildman–Crippen MR) is 100.0 cm³/mol. The third-order valence-corrected chi connectivity index (χ3v) is 6.26. The molecule has 2 aromatic rings. The Kier molecular flexibility index (Phi) is 4.71. The summed E-state index contributed by atoms with van der Waals surface area (Å²) in [5.74, 6) is 1.02. The van der Waals surface area contributed by atoms with E-state index in [2.05, 4.69) is 5.32 Å². The topological polar surface area (TPSA) is 74.5 Å². The van der Waals surface area contributed by atoms with Crippen molar-refractivity contribution >= 4 is 16.3 Å². The molecule has 1 saturated carbocycles. The molecule has 0 amide bonds.